The molecule has 22 heavy (non-hydrogen) atoms. The van der Waals surface area contributed by atoms with Crippen LogP contribution in [0, 0.1) is 5.92 Å². The van der Waals surface area contributed by atoms with Crippen LogP contribution in [0.4, 0.5) is 0 Å². The molecule has 1 aromatic rings. The number of hydrogen-bond donors (Lipinski definition) is 2. The Morgan fingerprint density at radius 2 is 2.05 bits per heavy atom. The largest absolute Gasteiger partial charge is 0.481 e. The Hall–Kier alpha value is -1.88. The standard InChI is InChI=1S/C17H23NO4/c19-16(11-15-8-4-5-9-22-15)18-12-14(17(20)21)10-13-6-2-1-3-7-13/h1-3,6-7,14-15H,4-5,8-12H2,(H,18,19)(H,20,21). The molecular weight excluding hydrogens is 282 g/mol. The maximum Gasteiger partial charge on any atom is 0.308 e. The summed E-state index contributed by atoms with van der Waals surface area (Å²) in [6.07, 6.45) is 3.75. The van der Waals surface area contributed by atoms with E-state index in [9.17, 15) is 14.7 Å². The summed E-state index contributed by atoms with van der Waals surface area (Å²) in [5.41, 5.74) is 0.958. The van der Waals surface area contributed by atoms with Crippen molar-refractivity contribution in [2.45, 2.75) is 38.2 Å². The van der Waals surface area contributed by atoms with Gasteiger partial charge in [-0.05, 0) is 31.2 Å². The first-order valence-electron chi connectivity index (χ1n) is 7.80. The SMILES string of the molecule is O=C(CC1CCCCO1)NCC(Cc1ccccc1)C(=O)O. The highest BCUT2D eigenvalue weighted by atomic mass is 16.5. The molecular formula is C17H23NO4. The molecule has 1 saturated heterocycles. The topological polar surface area (TPSA) is 75.6 Å². The third kappa shape index (κ3) is 5.48. The molecule has 2 unspecified atom stereocenters. The van der Waals surface area contributed by atoms with Gasteiger partial charge in [0.1, 0.15) is 0 Å². The molecule has 1 aliphatic rings. The summed E-state index contributed by atoms with van der Waals surface area (Å²) < 4.78 is 5.52. The van der Waals surface area contributed by atoms with Crippen molar-refractivity contribution in [2.75, 3.05) is 13.2 Å². The second-order valence-corrected chi connectivity index (χ2v) is 5.72. The minimum atomic E-state index is -0.891. The van der Waals surface area contributed by atoms with Crippen LogP contribution in [-0.2, 0) is 20.7 Å². The van der Waals surface area contributed by atoms with E-state index in [4.69, 9.17) is 4.74 Å². The van der Waals surface area contributed by atoms with Crippen LogP contribution in [0.15, 0.2) is 30.3 Å². The maximum absolute atomic E-state index is 11.9. The van der Waals surface area contributed by atoms with Gasteiger partial charge in [-0.15, -0.1) is 0 Å². The number of carbonyl (C=O) groups excluding carboxylic acids is 1. The molecule has 1 aliphatic heterocycles. The van der Waals surface area contributed by atoms with Crippen molar-refractivity contribution in [2.24, 2.45) is 5.92 Å². The highest BCUT2D eigenvalue weighted by Gasteiger charge is 2.21. The van der Waals surface area contributed by atoms with Gasteiger partial charge < -0.3 is 15.2 Å². The summed E-state index contributed by atoms with van der Waals surface area (Å²) in [4.78, 5) is 23.2. The Morgan fingerprint density at radius 3 is 2.68 bits per heavy atom. The van der Waals surface area contributed by atoms with Crippen LogP contribution in [0.1, 0.15) is 31.2 Å². The number of carbonyl (C=O) groups is 2. The molecule has 0 bridgehead atoms. The molecule has 0 aliphatic carbocycles. The lowest BCUT2D eigenvalue weighted by Gasteiger charge is -2.22. The van der Waals surface area contributed by atoms with E-state index < -0.39 is 11.9 Å². The Kier molecular flexibility index (Phi) is 6.40. The Balaban J connectivity index is 1.78. The number of carboxylic acid groups (broad SMARTS) is 1. The van der Waals surface area contributed by atoms with Gasteiger partial charge in [-0.25, -0.2) is 0 Å². The number of benzene rings is 1. The molecule has 2 atom stereocenters. The molecule has 0 saturated carbocycles. The molecule has 120 valence electrons. The van der Waals surface area contributed by atoms with Gasteiger partial charge in [0, 0.05) is 13.2 Å². The number of aliphatic carboxylic acids is 1. The average Bonchev–Trinajstić information content (AvgIpc) is 2.53. The van der Waals surface area contributed by atoms with E-state index in [1.54, 1.807) is 0 Å². The molecule has 0 spiro atoms. The minimum Gasteiger partial charge on any atom is -0.481 e. The third-order valence-corrected chi connectivity index (χ3v) is 3.91. The van der Waals surface area contributed by atoms with Crippen LogP contribution in [0.2, 0.25) is 0 Å². The first-order valence-corrected chi connectivity index (χ1v) is 7.80. The van der Waals surface area contributed by atoms with Crippen molar-refractivity contribution in [3.05, 3.63) is 35.9 Å². The number of amides is 1. The fourth-order valence-electron chi connectivity index (χ4n) is 2.63. The van der Waals surface area contributed by atoms with Crippen LogP contribution >= 0.6 is 0 Å². The van der Waals surface area contributed by atoms with Crippen molar-refractivity contribution >= 4 is 11.9 Å². The van der Waals surface area contributed by atoms with Crippen molar-refractivity contribution in [1.82, 2.24) is 5.32 Å². The molecule has 0 aromatic heterocycles. The monoisotopic (exact) mass is 305 g/mol. The second-order valence-electron chi connectivity index (χ2n) is 5.72. The molecule has 2 N–H and O–H groups in total. The zero-order chi connectivity index (χ0) is 15.8. The summed E-state index contributed by atoms with van der Waals surface area (Å²) in [7, 11) is 0. The van der Waals surface area contributed by atoms with Crippen molar-refractivity contribution in [3.8, 4) is 0 Å². The van der Waals surface area contributed by atoms with Gasteiger partial charge in [-0.2, -0.15) is 0 Å². The quantitative estimate of drug-likeness (QED) is 0.808. The predicted octanol–water partition coefficient (Wildman–Crippen LogP) is 2.01. The van der Waals surface area contributed by atoms with Crippen LogP contribution in [0.25, 0.3) is 0 Å². The van der Waals surface area contributed by atoms with Crippen LogP contribution in [0.5, 0.6) is 0 Å². The van der Waals surface area contributed by atoms with Crippen LogP contribution < -0.4 is 5.32 Å². The molecule has 1 amide bonds. The molecule has 2 rings (SSSR count). The highest BCUT2D eigenvalue weighted by molar-refractivity contribution is 5.77. The van der Waals surface area contributed by atoms with Gasteiger partial charge >= 0.3 is 5.97 Å². The van der Waals surface area contributed by atoms with Gasteiger partial charge in [0.2, 0.25) is 5.91 Å². The Labute approximate surface area is 130 Å². The first kappa shape index (κ1) is 16.5. The van der Waals surface area contributed by atoms with Crippen LogP contribution in [0.3, 0.4) is 0 Å². The lowest BCUT2D eigenvalue weighted by Crippen LogP contribution is -2.36. The van der Waals surface area contributed by atoms with E-state index in [1.807, 2.05) is 30.3 Å². The van der Waals surface area contributed by atoms with Crippen molar-refractivity contribution in [1.29, 1.82) is 0 Å². The van der Waals surface area contributed by atoms with Gasteiger partial charge in [0.05, 0.1) is 18.4 Å². The van der Waals surface area contributed by atoms with Crippen molar-refractivity contribution in [3.63, 3.8) is 0 Å². The fraction of sp³-hybridized carbons (Fsp3) is 0.529. The summed E-state index contributed by atoms with van der Waals surface area (Å²) in [6.45, 7) is 0.861. The number of hydrogen-bond acceptors (Lipinski definition) is 3. The predicted molar refractivity (Wildman–Crippen MR) is 82.5 cm³/mol. The average molecular weight is 305 g/mol. The lowest BCUT2D eigenvalue weighted by molar-refractivity contribution is -0.141. The summed E-state index contributed by atoms with van der Waals surface area (Å²) in [6, 6.07) is 9.45. The molecule has 5 heteroatoms. The van der Waals surface area contributed by atoms with E-state index in [0.717, 1.165) is 24.8 Å². The fourth-order valence-corrected chi connectivity index (χ4v) is 2.63. The zero-order valence-corrected chi connectivity index (χ0v) is 12.7. The van der Waals surface area contributed by atoms with Gasteiger partial charge in [0.25, 0.3) is 0 Å². The second kappa shape index (κ2) is 8.54. The van der Waals surface area contributed by atoms with E-state index >= 15 is 0 Å². The molecule has 5 nitrogen and oxygen atoms in total. The van der Waals surface area contributed by atoms with E-state index in [0.29, 0.717) is 19.4 Å². The van der Waals surface area contributed by atoms with Crippen molar-refractivity contribution < 1.29 is 19.4 Å². The number of nitrogens with one attached hydrogen (secondary N) is 1. The van der Waals surface area contributed by atoms with Gasteiger partial charge in [-0.1, -0.05) is 30.3 Å². The minimum absolute atomic E-state index is 0.0221. The number of carboxylic acids is 1. The Morgan fingerprint density at radius 1 is 1.27 bits per heavy atom. The van der Waals surface area contributed by atoms with E-state index in [-0.39, 0.29) is 18.6 Å². The molecule has 1 fully saturated rings. The highest BCUT2D eigenvalue weighted by Crippen LogP contribution is 2.15. The van der Waals surface area contributed by atoms with Crippen LogP contribution in [-0.4, -0.2) is 36.2 Å². The first-order chi connectivity index (χ1) is 10.6. The van der Waals surface area contributed by atoms with E-state index in [1.165, 1.54) is 0 Å². The summed E-state index contributed by atoms with van der Waals surface area (Å²) in [5.74, 6) is -1.64. The normalized spacial score (nSPS) is 19.4. The van der Waals surface area contributed by atoms with E-state index in [2.05, 4.69) is 5.32 Å². The Bertz CT molecular complexity index is 483. The molecule has 0 radical (unpaired) electrons. The number of ether oxygens (including phenoxy) is 1. The maximum atomic E-state index is 11.9. The van der Waals surface area contributed by atoms with Gasteiger partial charge in [0.15, 0.2) is 0 Å². The van der Waals surface area contributed by atoms with Gasteiger partial charge in [-0.3, -0.25) is 9.59 Å². The molecule has 1 heterocycles. The summed E-state index contributed by atoms with van der Waals surface area (Å²) in [5, 5.41) is 12.0. The zero-order valence-electron chi connectivity index (χ0n) is 12.7. The smallest absolute Gasteiger partial charge is 0.308 e. The number of rotatable bonds is 7. The third-order valence-electron chi connectivity index (χ3n) is 3.91. The molecule has 1 aromatic carbocycles. The summed E-state index contributed by atoms with van der Waals surface area (Å²) >= 11 is 0. The lowest BCUT2D eigenvalue weighted by atomic mass is 9.99.